The van der Waals surface area contributed by atoms with Gasteiger partial charge >= 0.3 is 0 Å². The Morgan fingerprint density at radius 2 is 1.92 bits per heavy atom. The predicted octanol–water partition coefficient (Wildman–Crippen LogP) is 3.35. The van der Waals surface area contributed by atoms with Crippen LogP contribution in [0.15, 0.2) is 61.2 Å². The Labute approximate surface area is 147 Å². The van der Waals surface area contributed by atoms with Crippen molar-refractivity contribution in [1.29, 1.82) is 0 Å². The van der Waals surface area contributed by atoms with Crippen LogP contribution in [0.1, 0.15) is 30.1 Å². The van der Waals surface area contributed by atoms with E-state index in [1.165, 1.54) is 12.0 Å². The third kappa shape index (κ3) is 3.80. The Morgan fingerprint density at radius 3 is 2.76 bits per heavy atom. The van der Waals surface area contributed by atoms with Crippen molar-refractivity contribution >= 4 is 11.8 Å². The summed E-state index contributed by atoms with van der Waals surface area (Å²) in [6.45, 7) is 2.00. The van der Waals surface area contributed by atoms with Crippen LogP contribution >= 0.6 is 0 Å². The summed E-state index contributed by atoms with van der Waals surface area (Å²) in [5, 5.41) is 3.17. The molecule has 1 fully saturated rings. The second kappa shape index (κ2) is 7.36. The normalized spacial score (nSPS) is 17.5. The van der Waals surface area contributed by atoms with Gasteiger partial charge in [-0.3, -0.25) is 9.88 Å². The molecule has 3 aromatic heterocycles. The van der Waals surface area contributed by atoms with E-state index >= 15 is 0 Å². The van der Waals surface area contributed by atoms with Crippen LogP contribution < -0.4 is 5.32 Å². The molecule has 4 heterocycles. The molecule has 1 unspecified atom stereocenters. The van der Waals surface area contributed by atoms with Crippen LogP contribution in [-0.2, 0) is 6.54 Å². The number of hydrogen-bond donors (Lipinski definition) is 1. The zero-order valence-corrected chi connectivity index (χ0v) is 13.9. The molecule has 126 valence electrons. The molecular weight excluding hydrogens is 312 g/mol. The highest BCUT2D eigenvalue weighted by atomic mass is 15.2. The molecule has 1 N–H and O–H groups in total. The summed E-state index contributed by atoms with van der Waals surface area (Å²) in [5.41, 5.74) is 2.34. The first-order valence-corrected chi connectivity index (χ1v) is 8.52. The van der Waals surface area contributed by atoms with E-state index in [1.807, 2.05) is 42.9 Å². The summed E-state index contributed by atoms with van der Waals surface area (Å²) in [5.74, 6) is 1.34. The Balaban J connectivity index is 1.51. The minimum Gasteiger partial charge on any atom is -0.309 e. The first-order valence-electron chi connectivity index (χ1n) is 8.52. The zero-order chi connectivity index (χ0) is 16.9. The van der Waals surface area contributed by atoms with E-state index in [4.69, 9.17) is 4.98 Å². The molecule has 1 saturated heterocycles. The van der Waals surface area contributed by atoms with E-state index < -0.39 is 0 Å². The van der Waals surface area contributed by atoms with E-state index in [1.54, 1.807) is 6.20 Å². The predicted molar refractivity (Wildman–Crippen MR) is 96.2 cm³/mol. The summed E-state index contributed by atoms with van der Waals surface area (Å²) < 4.78 is 0. The van der Waals surface area contributed by atoms with Crippen LogP contribution in [0.3, 0.4) is 0 Å². The molecule has 6 heteroatoms. The van der Waals surface area contributed by atoms with Gasteiger partial charge in [0.1, 0.15) is 5.82 Å². The van der Waals surface area contributed by atoms with Gasteiger partial charge < -0.3 is 5.32 Å². The van der Waals surface area contributed by atoms with Gasteiger partial charge in [-0.2, -0.15) is 0 Å². The highest BCUT2D eigenvalue weighted by Crippen LogP contribution is 2.32. The minimum absolute atomic E-state index is 0.320. The summed E-state index contributed by atoms with van der Waals surface area (Å²) in [7, 11) is 0. The van der Waals surface area contributed by atoms with Crippen LogP contribution in [-0.4, -0.2) is 31.4 Å². The number of nitrogens with zero attached hydrogens (tertiary/aromatic N) is 5. The Bertz CT molecular complexity index is 808. The highest BCUT2D eigenvalue weighted by Gasteiger charge is 2.27. The summed E-state index contributed by atoms with van der Waals surface area (Å²) in [4.78, 5) is 19.9. The number of anilines is 2. The molecule has 25 heavy (non-hydrogen) atoms. The number of likely N-dealkylation sites (tertiary alicyclic amines) is 1. The molecule has 0 saturated carbocycles. The monoisotopic (exact) mass is 332 g/mol. The average Bonchev–Trinajstić information content (AvgIpc) is 3.12. The van der Waals surface area contributed by atoms with E-state index in [-0.39, 0.29) is 0 Å². The fourth-order valence-corrected chi connectivity index (χ4v) is 3.24. The highest BCUT2D eigenvalue weighted by molar-refractivity contribution is 5.46. The maximum atomic E-state index is 4.73. The van der Waals surface area contributed by atoms with Gasteiger partial charge in [0.15, 0.2) is 0 Å². The van der Waals surface area contributed by atoms with Gasteiger partial charge in [0.2, 0.25) is 5.95 Å². The third-order valence-electron chi connectivity index (χ3n) is 4.42. The van der Waals surface area contributed by atoms with Crippen molar-refractivity contribution in [3.8, 4) is 0 Å². The molecule has 4 rings (SSSR count). The van der Waals surface area contributed by atoms with Crippen molar-refractivity contribution in [1.82, 2.24) is 24.8 Å². The van der Waals surface area contributed by atoms with Crippen molar-refractivity contribution in [2.24, 2.45) is 0 Å². The summed E-state index contributed by atoms with van der Waals surface area (Å²) in [6, 6.07) is 12.2. The quantitative estimate of drug-likeness (QED) is 0.773. The van der Waals surface area contributed by atoms with E-state index in [0.29, 0.717) is 12.0 Å². The Kier molecular flexibility index (Phi) is 4.61. The van der Waals surface area contributed by atoms with Gasteiger partial charge in [-0.15, -0.1) is 0 Å². The lowest BCUT2D eigenvalue weighted by Gasteiger charge is -2.24. The summed E-state index contributed by atoms with van der Waals surface area (Å²) in [6.07, 6.45) is 9.56. The Morgan fingerprint density at radius 1 is 1.00 bits per heavy atom. The van der Waals surface area contributed by atoms with Crippen molar-refractivity contribution < 1.29 is 0 Å². The van der Waals surface area contributed by atoms with Gasteiger partial charge in [0, 0.05) is 31.3 Å². The van der Waals surface area contributed by atoms with Crippen LogP contribution in [0, 0.1) is 0 Å². The lowest BCUT2D eigenvalue weighted by Crippen LogP contribution is -2.23. The smallest absolute Gasteiger partial charge is 0.228 e. The van der Waals surface area contributed by atoms with Gasteiger partial charge in [0.05, 0.1) is 11.7 Å². The van der Waals surface area contributed by atoms with E-state index in [0.717, 1.165) is 31.0 Å². The second-order valence-corrected chi connectivity index (χ2v) is 6.13. The molecular formula is C19H20N6. The zero-order valence-electron chi connectivity index (χ0n) is 13.9. The van der Waals surface area contributed by atoms with Gasteiger partial charge in [-0.05, 0) is 55.3 Å². The van der Waals surface area contributed by atoms with Crippen molar-refractivity contribution in [2.75, 3.05) is 11.9 Å². The molecule has 1 aliphatic heterocycles. The van der Waals surface area contributed by atoms with Crippen molar-refractivity contribution in [3.05, 3.63) is 72.4 Å². The maximum absolute atomic E-state index is 4.73. The number of aromatic nitrogens is 4. The van der Waals surface area contributed by atoms with Crippen LogP contribution in [0.25, 0.3) is 0 Å². The number of pyridine rings is 2. The maximum Gasteiger partial charge on any atom is 0.228 e. The number of rotatable bonds is 5. The topological polar surface area (TPSA) is 66.8 Å². The molecule has 0 amide bonds. The minimum atomic E-state index is 0.320. The molecule has 3 aromatic rings. The molecule has 0 aromatic carbocycles. The molecule has 0 aliphatic carbocycles. The van der Waals surface area contributed by atoms with Crippen molar-refractivity contribution in [3.63, 3.8) is 0 Å². The van der Waals surface area contributed by atoms with Crippen molar-refractivity contribution in [2.45, 2.75) is 25.4 Å². The number of hydrogen-bond acceptors (Lipinski definition) is 6. The molecule has 0 spiro atoms. The van der Waals surface area contributed by atoms with E-state index in [9.17, 15) is 0 Å². The third-order valence-corrected chi connectivity index (χ3v) is 4.42. The second-order valence-electron chi connectivity index (χ2n) is 6.13. The SMILES string of the molecule is c1ccc(Nc2nccc(C3CCCN3Cc3ccncc3)n2)nc1. The van der Waals surface area contributed by atoms with Gasteiger partial charge in [-0.1, -0.05) is 6.07 Å². The lowest BCUT2D eigenvalue weighted by molar-refractivity contribution is 0.244. The molecule has 0 radical (unpaired) electrons. The fraction of sp³-hybridized carbons (Fsp3) is 0.263. The molecule has 1 aliphatic rings. The molecule has 1 atom stereocenters. The number of nitrogens with one attached hydrogen (secondary N) is 1. The van der Waals surface area contributed by atoms with E-state index in [2.05, 4.69) is 37.3 Å². The first kappa shape index (κ1) is 15.7. The average molecular weight is 332 g/mol. The molecule has 6 nitrogen and oxygen atoms in total. The molecule has 0 bridgehead atoms. The Hall–Kier alpha value is -2.86. The standard InChI is InChI=1S/C19H20N6/c1-2-9-21-18(5-1)24-19-22-12-8-16(23-19)17-4-3-13-25(17)14-15-6-10-20-11-7-15/h1-2,5-12,17H,3-4,13-14H2,(H,21,22,23,24). The van der Waals surface area contributed by atoms with Gasteiger partial charge in [0.25, 0.3) is 0 Å². The summed E-state index contributed by atoms with van der Waals surface area (Å²) >= 11 is 0. The lowest BCUT2D eigenvalue weighted by atomic mass is 10.1. The largest absolute Gasteiger partial charge is 0.309 e. The first-order chi connectivity index (χ1) is 12.4. The fourth-order valence-electron chi connectivity index (χ4n) is 3.24. The van der Waals surface area contributed by atoms with Crippen LogP contribution in [0.4, 0.5) is 11.8 Å². The van der Waals surface area contributed by atoms with Gasteiger partial charge in [-0.25, -0.2) is 15.0 Å². The van der Waals surface area contributed by atoms with Crippen LogP contribution in [0.5, 0.6) is 0 Å². The van der Waals surface area contributed by atoms with Crippen LogP contribution in [0.2, 0.25) is 0 Å².